The third kappa shape index (κ3) is 5.97. The fourth-order valence-electron chi connectivity index (χ4n) is 3.09. The van der Waals surface area contributed by atoms with Crippen LogP contribution in [0.15, 0.2) is 48.5 Å². The number of rotatable bonds is 9. The highest BCUT2D eigenvalue weighted by Crippen LogP contribution is 2.26. The van der Waals surface area contributed by atoms with E-state index in [1.807, 2.05) is 31.2 Å². The van der Waals surface area contributed by atoms with Crippen LogP contribution in [0.25, 0.3) is 0 Å². The van der Waals surface area contributed by atoms with E-state index in [1.54, 1.807) is 31.2 Å². The second-order valence-electron chi connectivity index (χ2n) is 7.18. The van der Waals surface area contributed by atoms with Gasteiger partial charge in [0.05, 0.1) is 18.6 Å². The van der Waals surface area contributed by atoms with Crippen molar-refractivity contribution < 1.29 is 17.9 Å². The second kappa shape index (κ2) is 9.78. The number of amides is 1. The fraction of sp³-hybridized carbons (Fsp3) is 0.409. The van der Waals surface area contributed by atoms with Crippen LogP contribution in [0, 0.1) is 0 Å². The van der Waals surface area contributed by atoms with E-state index in [1.165, 1.54) is 9.87 Å². The molecular weight excluding hydrogens is 388 g/mol. The van der Waals surface area contributed by atoms with Gasteiger partial charge in [-0.1, -0.05) is 32.9 Å². The maximum absolute atomic E-state index is 13.0. The first-order valence-corrected chi connectivity index (χ1v) is 11.6. The number of hydrogen-bond acceptors (Lipinski definition) is 4. The summed E-state index contributed by atoms with van der Waals surface area (Å²) >= 11 is 0. The van der Waals surface area contributed by atoms with Gasteiger partial charge in [0.2, 0.25) is 15.9 Å². The van der Waals surface area contributed by atoms with Crippen LogP contribution in [0.4, 0.5) is 11.4 Å². The van der Waals surface area contributed by atoms with E-state index in [0.29, 0.717) is 36.1 Å². The molecule has 158 valence electrons. The van der Waals surface area contributed by atoms with Crippen LogP contribution in [0.3, 0.4) is 0 Å². The average molecular weight is 419 g/mol. The molecule has 1 N–H and O–H groups in total. The molecule has 0 unspecified atom stereocenters. The van der Waals surface area contributed by atoms with Crippen molar-refractivity contribution in [3.63, 3.8) is 0 Å². The summed E-state index contributed by atoms with van der Waals surface area (Å²) in [6.07, 6.45) is 1.44. The molecule has 1 atom stereocenters. The number of nitrogens with zero attached hydrogens (tertiary/aromatic N) is 1. The summed E-state index contributed by atoms with van der Waals surface area (Å²) in [6, 6.07) is 13.4. The Labute approximate surface area is 173 Å². The standard InChI is InChI=1S/C22H30N2O4S/c1-6-21(22(25)23-18-10-8-17(9-11-18)16(3)4)24(29(5,26)27)19-12-14-20(15-13-19)28-7-2/h8-16,21H,6-7H2,1-5H3,(H,23,25)/t21-/m1/s1. The highest BCUT2D eigenvalue weighted by atomic mass is 32.2. The smallest absolute Gasteiger partial charge is 0.248 e. The summed E-state index contributed by atoms with van der Waals surface area (Å²) in [4.78, 5) is 13.0. The molecule has 0 aliphatic heterocycles. The number of nitrogens with one attached hydrogen (secondary N) is 1. The number of carbonyl (C=O) groups excluding carboxylic acids is 1. The maximum Gasteiger partial charge on any atom is 0.248 e. The number of carbonyl (C=O) groups is 1. The lowest BCUT2D eigenvalue weighted by Crippen LogP contribution is -2.47. The fourth-order valence-corrected chi connectivity index (χ4v) is 4.30. The minimum absolute atomic E-state index is 0.330. The van der Waals surface area contributed by atoms with Gasteiger partial charge < -0.3 is 10.1 Å². The minimum Gasteiger partial charge on any atom is -0.494 e. The molecule has 0 aromatic heterocycles. The van der Waals surface area contributed by atoms with Gasteiger partial charge in [0.15, 0.2) is 0 Å². The second-order valence-corrected chi connectivity index (χ2v) is 9.04. The van der Waals surface area contributed by atoms with Gasteiger partial charge in [-0.3, -0.25) is 9.10 Å². The molecule has 2 aromatic rings. The minimum atomic E-state index is -3.68. The summed E-state index contributed by atoms with van der Waals surface area (Å²) in [7, 11) is -3.68. The van der Waals surface area contributed by atoms with E-state index in [-0.39, 0.29) is 5.91 Å². The molecule has 0 aliphatic carbocycles. The van der Waals surface area contributed by atoms with Gasteiger partial charge in [-0.2, -0.15) is 0 Å². The largest absolute Gasteiger partial charge is 0.494 e. The van der Waals surface area contributed by atoms with Crippen molar-refractivity contribution in [2.24, 2.45) is 0 Å². The molecule has 2 rings (SSSR count). The monoisotopic (exact) mass is 418 g/mol. The molecule has 0 saturated heterocycles. The molecule has 0 saturated carbocycles. The van der Waals surface area contributed by atoms with Crippen molar-refractivity contribution in [3.8, 4) is 5.75 Å². The van der Waals surface area contributed by atoms with Crippen LogP contribution in [0.2, 0.25) is 0 Å². The molecule has 7 heteroatoms. The SMILES string of the molecule is CCOc1ccc(N([C@H](CC)C(=O)Nc2ccc(C(C)C)cc2)S(C)(=O)=O)cc1. The van der Waals surface area contributed by atoms with Crippen molar-refractivity contribution in [1.29, 1.82) is 0 Å². The van der Waals surface area contributed by atoms with Crippen LogP contribution in [0.5, 0.6) is 5.75 Å². The molecule has 0 aliphatic rings. The van der Waals surface area contributed by atoms with E-state index in [0.717, 1.165) is 6.26 Å². The van der Waals surface area contributed by atoms with Crippen LogP contribution >= 0.6 is 0 Å². The summed E-state index contributed by atoms with van der Waals surface area (Å²) in [5.41, 5.74) is 2.23. The van der Waals surface area contributed by atoms with Gasteiger partial charge >= 0.3 is 0 Å². The summed E-state index contributed by atoms with van der Waals surface area (Å²) < 4.78 is 31.7. The Morgan fingerprint density at radius 1 is 1.03 bits per heavy atom. The quantitative estimate of drug-likeness (QED) is 0.655. The first kappa shape index (κ1) is 22.7. The Hall–Kier alpha value is -2.54. The third-order valence-corrected chi connectivity index (χ3v) is 5.76. The molecule has 0 bridgehead atoms. The molecule has 0 heterocycles. The highest BCUT2D eigenvalue weighted by molar-refractivity contribution is 7.92. The predicted molar refractivity (Wildman–Crippen MR) is 118 cm³/mol. The molecular formula is C22H30N2O4S. The Balaban J connectivity index is 2.29. The number of benzene rings is 2. The summed E-state index contributed by atoms with van der Waals surface area (Å²) in [5.74, 6) is 0.667. The summed E-state index contributed by atoms with van der Waals surface area (Å²) in [5, 5.41) is 2.84. The normalized spacial score (nSPS) is 12.5. The third-order valence-electron chi connectivity index (χ3n) is 4.58. The first-order chi connectivity index (χ1) is 13.7. The van der Waals surface area contributed by atoms with Gasteiger partial charge in [0.25, 0.3) is 0 Å². The number of hydrogen-bond donors (Lipinski definition) is 1. The van der Waals surface area contributed by atoms with E-state index in [2.05, 4.69) is 19.2 Å². The van der Waals surface area contributed by atoms with E-state index in [9.17, 15) is 13.2 Å². The molecule has 6 nitrogen and oxygen atoms in total. The Morgan fingerprint density at radius 2 is 1.62 bits per heavy atom. The highest BCUT2D eigenvalue weighted by Gasteiger charge is 2.31. The lowest BCUT2D eigenvalue weighted by molar-refractivity contribution is -0.117. The van der Waals surface area contributed by atoms with Gasteiger partial charge in [0, 0.05) is 5.69 Å². The molecule has 0 spiro atoms. The Morgan fingerprint density at radius 3 is 2.07 bits per heavy atom. The molecule has 1 amide bonds. The van der Waals surface area contributed by atoms with Crippen molar-refractivity contribution >= 4 is 27.3 Å². The van der Waals surface area contributed by atoms with Crippen molar-refractivity contribution in [1.82, 2.24) is 0 Å². The van der Waals surface area contributed by atoms with Crippen LogP contribution in [0.1, 0.15) is 45.6 Å². The lowest BCUT2D eigenvalue weighted by atomic mass is 10.0. The molecule has 2 aromatic carbocycles. The zero-order valence-electron chi connectivity index (χ0n) is 17.7. The van der Waals surface area contributed by atoms with Gasteiger partial charge in [-0.05, 0) is 61.2 Å². The van der Waals surface area contributed by atoms with E-state index >= 15 is 0 Å². The van der Waals surface area contributed by atoms with Gasteiger partial charge in [0.1, 0.15) is 11.8 Å². The Bertz CT molecular complexity index is 907. The zero-order valence-corrected chi connectivity index (χ0v) is 18.5. The van der Waals surface area contributed by atoms with Gasteiger partial charge in [-0.25, -0.2) is 8.42 Å². The molecule has 0 radical (unpaired) electrons. The van der Waals surface area contributed by atoms with E-state index in [4.69, 9.17) is 4.74 Å². The lowest BCUT2D eigenvalue weighted by Gasteiger charge is -2.30. The topological polar surface area (TPSA) is 75.7 Å². The summed E-state index contributed by atoms with van der Waals surface area (Å²) in [6.45, 7) is 8.38. The van der Waals surface area contributed by atoms with Crippen LogP contribution in [-0.4, -0.2) is 33.2 Å². The molecule has 0 fully saturated rings. The van der Waals surface area contributed by atoms with Crippen LogP contribution < -0.4 is 14.4 Å². The molecule has 29 heavy (non-hydrogen) atoms. The predicted octanol–water partition coefficient (Wildman–Crippen LogP) is 4.39. The number of ether oxygens (including phenoxy) is 1. The number of anilines is 2. The van der Waals surface area contributed by atoms with Crippen LogP contribution in [-0.2, 0) is 14.8 Å². The zero-order chi connectivity index (χ0) is 21.6. The van der Waals surface area contributed by atoms with Gasteiger partial charge in [-0.15, -0.1) is 0 Å². The average Bonchev–Trinajstić information content (AvgIpc) is 2.66. The maximum atomic E-state index is 13.0. The first-order valence-electron chi connectivity index (χ1n) is 9.80. The van der Waals surface area contributed by atoms with Crippen molar-refractivity contribution in [2.45, 2.75) is 46.1 Å². The van der Waals surface area contributed by atoms with Crippen molar-refractivity contribution in [2.75, 3.05) is 22.5 Å². The van der Waals surface area contributed by atoms with E-state index < -0.39 is 16.1 Å². The number of sulfonamides is 1. The Kier molecular flexibility index (Phi) is 7.67. The van der Waals surface area contributed by atoms with Crippen molar-refractivity contribution in [3.05, 3.63) is 54.1 Å².